The first-order chi connectivity index (χ1) is 19.4. The Kier molecular flexibility index (Phi) is 9.70. The van der Waals surface area contributed by atoms with E-state index in [1.54, 1.807) is 30.3 Å². The quantitative estimate of drug-likeness (QED) is 0.319. The Balaban J connectivity index is 1.40. The van der Waals surface area contributed by atoms with Crippen LogP contribution in [-0.4, -0.2) is 54.4 Å². The first kappa shape index (κ1) is 30.9. The third-order valence-corrected chi connectivity index (χ3v) is 10.5. The Labute approximate surface area is 249 Å². The Bertz CT molecular complexity index is 1610. The molecule has 0 spiro atoms. The molecule has 1 aliphatic heterocycles. The maximum absolute atomic E-state index is 13.1. The van der Waals surface area contributed by atoms with Crippen molar-refractivity contribution in [2.75, 3.05) is 37.3 Å². The van der Waals surface area contributed by atoms with E-state index in [0.29, 0.717) is 29.8 Å². The number of halogens is 2. The number of nitrogens with one attached hydrogen (secondary N) is 2. The van der Waals surface area contributed by atoms with E-state index < -0.39 is 26.0 Å². The molecule has 3 aromatic rings. The van der Waals surface area contributed by atoms with Crippen LogP contribution in [0.1, 0.15) is 18.4 Å². The summed E-state index contributed by atoms with van der Waals surface area (Å²) in [6.45, 7) is 0.295. The summed E-state index contributed by atoms with van der Waals surface area (Å²) >= 11 is 12.3. The summed E-state index contributed by atoms with van der Waals surface area (Å²) in [5.41, 5.74) is 0.926. The average Bonchev–Trinajstić information content (AvgIpc) is 2.95. The summed E-state index contributed by atoms with van der Waals surface area (Å²) in [7, 11) is -4.84. The minimum atomic E-state index is -3.96. The number of rotatable bonds is 10. The van der Waals surface area contributed by atoms with Crippen molar-refractivity contribution in [3.63, 3.8) is 0 Å². The molecule has 1 amide bonds. The van der Waals surface area contributed by atoms with Crippen LogP contribution in [-0.2, 0) is 30.6 Å². The van der Waals surface area contributed by atoms with Crippen molar-refractivity contribution in [3.8, 4) is 11.5 Å². The minimum absolute atomic E-state index is 0.0102. The largest absolute Gasteiger partial charge is 0.497 e. The van der Waals surface area contributed by atoms with Gasteiger partial charge in [0.2, 0.25) is 15.9 Å². The molecular formula is C27H29Cl2N3O7S2. The van der Waals surface area contributed by atoms with Gasteiger partial charge in [0.1, 0.15) is 11.5 Å². The summed E-state index contributed by atoms with van der Waals surface area (Å²) in [6, 6.07) is 15.1. The van der Waals surface area contributed by atoms with Gasteiger partial charge in [0.25, 0.3) is 10.0 Å². The van der Waals surface area contributed by atoms with Gasteiger partial charge in [0.05, 0.1) is 36.5 Å². The van der Waals surface area contributed by atoms with E-state index in [1.807, 2.05) is 0 Å². The normalized spacial score (nSPS) is 16.1. The third kappa shape index (κ3) is 7.44. The van der Waals surface area contributed by atoms with Crippen molar-refractivity contribution in [3.05, 3.63) is 76.3 Å². The SMILES string of the molecule is COc1ccc(NS(=O)(=O)c2ccc(NC(=O)C3CCCN(S(=O)(=O)Cc4c(Cl)cccc4Cl)C3)cc2)c(OC)c1. The van der Waals surface area contributed by atoms with Crippen LogP contribution < -0.4 is 19.5 Å². The molecule has 220 valence electrons. The van der Waals surface area contributed by atoms with Gasteiger partial charge in [0, 0.05) is 40.5 Å². The first-order valence-electron chi connectivity index (χ1n) is 12.5. The smallest absolute Gasteiger partial charge is 0.262 e. The van der Waals surface area contributed by atoms with E-state index in [2.05, 4.69) is 10.0 Å². The first-order valence-corrected chi connectivity index (χ1v) is 16.3. The van der Waals surface area contributed by atoms with Gasteiger partial charge >= 0.3 is 0 Å². The molecular weight excluding hydrogens is 613 g/mol. The monoisotopic (exact) mass is 641 g/mol. The lowest BCUT2D eigenvalue weighted by atomic mass is 9.99. The number of sulfonamides is 2. The van der Waals surface area contributed by atoms with Crippen LogP contribution in [0.3, 0.4) is 0 Å². The van der Waals surface area contributed by atoms with Crippen molar-refractivity contribution < 1.29 is 31.1 Å². The number of benzene rings is 3. The summed E-state index contributed by atoms with van der Waals surface area (Å²) < 4.78 is 66.3. The molecule has 1 aliphatic rings. The van der Waals surface area contributed by atoms with Crippen molar-refractivity contribution in [2.45, 2.75) is 23.5 Å². The van der Waals surface area contributed by atoms with Crippen LogP contribution in [0.15, 0.2) is 65.6 Å². The van der Waals surface area contributed by atoms with Crippen LogP contribution in [0.4, 0.5) is 11.4 Å². The number of hydrogen-bond acceptors (Lipinski definition) is 7. The number of amides is 1. The molecule has 0 aliphatic carbocycles. The lowest BCUT2D eigenvalue weighted by Gasteiger charge is -2.31. The highest BCUT2D eigenvalue weighted by molar-refractivity contribution is 7.92. The molecule has 0 bridgehead atoms. The Morgan fingerprint density at radius 1 is 0.976 bits per heavy atom. The zero-order chi connectivity index (χ0) is 29.8. The number of hydrogen-bond donors (Lipinski definition) is 2. The van der Waals surface area contributed by atoms with Crippen LogP contribution in [0.5, 0.6) is 11.5 Å². The van der Waals surface area contributed by atoms with E-state index in [4.69, 9.17) is 32.7 Å². The molecule has 0 saturated carbocycles. The Hall–Kier alpha value is -3.03. The van der Waals surface area contributed by atoms with Crippen LogP contribution in [0.2, 0.25) is 10.0 Å². The molecule has 1 saturated heterocycles. The topological polar surface area (TPSA) is 131 Å². The fourth-order valence-corrected chi connectivity index (χ4v) is 7.83. The molecule has 1 fully saturated rings. The van der Waals surface area contributed by atoms with E-state index in [9.17, 15) is 21.6 Å². The van der Waals surface area contributed by atoms with Crippen molar-refractivity contribution in [1.82, 2.24) is 4.31 Å². The number of carbonyl (C=O) groups is 1. The second-order valence-corrected chi connectivity index (χ2v) is 13.8. The van der Waals surface area contributed by atoms with E-state index >= 15 is 0 Å². The highest BCUT2D eigenvalue weighted by atomic mass is 35.5. The molecule has 1 unspecified atom stereocenters. The molecule has 1 heterocycles. The minimum Gasteiger partial charge on any atom is -0.497 e. The fraction of sp³-hybridized carbons (Fsp3) is 0.296. The molecule has 0 radical (unpaired) electrons. The van der Waals surface area contributed by atoms with Gasteiger partial charge in [-0.3, -0.25) is 9.52 Å². The summed E-state index contributed by atoms with van der Waals surface area (Å²) in [4.78, 5) is 13.0. The predicted molar refractivity (Wildman–Crippen MR) is 159 cm³/mol. The second-order valence-electron chi connectivity index (χ2n) is 9.34. The van der Waals surface area contributed by atoms with Crippen molar-refractivity contribution >= 4 is 60.5 Å². The van der Waals surface area contributed by atoms with Gasteiger partial charge in [-0.1, -0.05) is 29.3 Å². The number of methoxy groups -OCH3 is 2. The van der Waals surface area contributed by atoms with Crippen LogP contribution in [0, 0.1) is 5.92 Å². The van der Waals surface area contributed by atoms with E-state index in [1.165, 1.54) is 48.9 Å². The number of carbonyl (C=O) groups excluding carboxylic acids is 1. The van der Waals surface area contributed by atoms with Crippen LogP contribution in [0.25, 0.3) is 0 Å². The van der Waals surface area contributed by atoms with Gasteiger partial charge in [0.15, 0.2) is 0 Å². The molecule has 41 heavy (non-hydrogen) atoms. The third-order valence-electron chi connectivity index (χ3n) is 6.62. The Morgan fingerprint density at radius 3 is 2.29 bits per heavy atom. The summed E-state index contributed by atoms with van der Waals surface area (Å²) in [5, 5.41) is 3.28. The molecule has 2 N–H and O–H groups in total. The second kappa shape index (κ2) is 12.9. The number of piperidine rings is 1. The molecule has 1 atom stereocenters. The number of nitrogens with zero attached hydrogens (tertiary/aromatic N) is 1. The van der Waals surface area contributed by atoms with Gasteiger partial charge in [-0.15, -0.1) is 0 Å². The van der Waals surface area contributed by atoms with E-state index in [-0.39, 0.29) is 51.1 Å². The standard InChI is InChI=1S/C27H29Cl2N3O7S2/c1-38-20-10-13-25(26(15-20)39-2)31-41(36,37)21-11-8-19(9-12-21)30-27(33)18-5-4-14-32(16-18)40(34,35)17-22-23(28)6-3-7-24(22)29/h3,6-13,15,18,31H,4-5,14,16-17H2,1-2H3,(H,30,33). The van der Waals surface area contributed by atoms with Gasteiger partial charge in [-0.05, 0) is 61.4 Å². The molecule has 0 aromatic heterocycles. The zero-order valence-corrected chi connectivity index (χ0v) is 25.4. The zero-order valence-electron chi connectivity index (χ0n) is 22.3. The van der Waals surface area contributed by atoms with Crippen molar-refractivity contribution in [2.24, 2.45) is 5.92 Å². The molecule has 14 heteroatoms. The maximum atomic E-state index is 13.1. The van der Waals surface area contributed by atoms with Gasteiger partial charge in [-0.25, -0.2) is 21.1 Å². The number of ether oxygens (including phenoxy) is 2. The number of anilines is 2. The summed E-state index contributed by atoms with van der Waals surface area (Å²) in [5.74, 6) is -0.527. The summed E-state index contributed by atoms with van der Waals surface area (Å²) in [6.07, 6.45) is 1.01. The van der Waals surface area contributed by atoms with E-state index in [0.717, 1.165) is 0 Å². The van der Waals surface area contributed by atoms with Crippen LogP contribution >= 0.6 is 23.2 Å². The van der Waals surface area contributed by atoms with Crippen molar-refractivity contribution in [1.29, 1.82) is 0 Å². The van der Waals surface area contributed by atoms with Gasteiger partial charge < -0.3 is 14.8 Å². The predicted octanol–water partition coefficient (Wildman–Crippen LogP) is 4.99. The Morgan fingerprint density at radius 2 is 1.66 bits per heavy atom. The lowest BCUT2D eigenvalue weighted by Crippen LogP contribution is -2.44. The lowest BCUT2D eigenvalue weighted by molar-refractivity contribution is -0.120. The fourth-order valence-electron chi connectivity index (χ4n) is 4.40. The maximum Gasteiger partial charge on any atom is 0.262 e. The van der Waals surface area contributed by atoms with Gasteiger partial charge in [-0.2, -0.15) is 0 Å². The molecule has 4 rings (SSSR count). The molecule has 3 aromatic carbocycles. The molecule has 10 nitrogen and oxygen atoms in total. The average molecular weight is 643 g/mol. The highest BCUT2D eigenvalue weighted by Gasteiger charge is 2.33. The highest BCUT2D eigenvalue weighted by Crippen LogP contribution is 2.32.